The van der Waals surface area contributed by atoms with E-state index in [0.717, 1.165) is 16.6 Å². The predicted molar refractivity (Wildman–Crippen MR) is 96.4 cm³/mol. The fraction of sp³-hybridized carbons (Fsp3) is 0.0500. The number of pyridine rings is 1. The van der Waals surface area contributed by atoms with Crippen molar-refractivity contribution in [3.8, 4) is 11.5 Å². The third kappa shape index (κ3) is 3.12. The molecule has 1 amide bonds. The molecule has 4 aromatic rings. The van der Waals surface area contributed by atoms with Crippen molar-refractivity contribution in [2.75, 3.05) is 5.32 Å². The molecule has 25 heavy (non-hydrogen) atoms. The standard InChI is InChI=1S/C20H15N3O2/c1-13-3-2-4-15(11-13)19(24)22-16-5-6-17-18(12-16)25-20(23-17)14-7-9-21-10-8-14/h2-12H,1H3,(H,22,24). The molecule has 0 bridgehead atoms. The van der Waals surface area contributed by atoms with E-state index in [1.54, 1.807) is 24.5 Å². The SMILES string of the molecule is Cc1cccc(C(=O)Nc2ccc3nc(-c4ccncc4)oc3c2)c1. The van der Waals surface area contributed by atoms with Crippen molar-refractivity contribution >= 4 is 22.7 Å². The number of fused-ring (bicyclic) bond motifs is 1. The molecule has 2 heterocycles. The average Bonchev–Trinajstić information content (AvgIpc) is 3.06. The Labute approximate surface area is 144 Å². The van der Waals surface area contributed by atoms with Gasteiger partial charge in [0.2, 0.25) is 5.89 Å². The van der Waals surface area contributed by atoms with Crippen LogP contribution in [0.1, 0.15) is 15.9 Å². The molecule has 1 N–H and O–H groups in total. The number of benzene rings is 2. The fourth-order valence-corrected chi connectivity index (χ4v) is 2.61. The molecule has 0 aliphatic heterocycles. The molecular formula is C20H15N3O2. The van der Waals surface area contributed by atoms with Crippen LogP contribution in [0.4, 0.5) is 5.69 Å². The highest BCUT2D eigenvalue weighted by Gasteiger charge is 2.11. The number of carbonyl (C=O) groups excluding carboxylic acids is 1. The number of amides is 1. The summed E-state index contributed by atoms with van der Waals surface area (Å²) in [5.74, 6) is 0.372. The molecule has 0 aliphatic rings. The summed E-state index contributed by atoms with van der Waals surface area (Å²) in [6.07, 6.45) is 3.38. The maximum Gasteiger partial charge on any atom is 0.255 e. The van der Waals surface area contributed by atoms with Crippen molar-refractivity contribution in [3.63, 3.8) is 0 Å². The fourth-order valence-electron chi connectivity index (χ4n) is 2.61. The second-order valence-corrected chi connectivity index (χ2v) is 5.76. The Morgan fingerprint density at radius 1 is 1.04 bits per heavy atom. The molecule has 0 spiro atoms. The van der Waals surface area contributed by atoms with E-state index in [9.17, 15) is 4.79 Å². The molecule has 0 aliphatic carbocycles. The van der Waals surface area contributed by atoms with Crippen molar-refractivity contribution in [1.82, 2.24) is 9.97 Å². The van der Waals surface area contributed by atoms with Crippen LogP contribution in [0.3, 0.4) is 0 Å². The first kappa shape index (κ1) is 15.1. The number of aromatic nitrogens is 2. The van der Waals surface area contributed by atoms with Crippen LogP contribution in [0, 0.1) is 6.92 Å². The van der Waals surface area contributed by atoms with Crippen molar-refractivity contribution in [2.45, 2.75) is 6.92 Å². The Hall–Kier alpha value is -3.47. The molecule has 5 heteroatoms. The van der Waals surface area contributed by atoms with Crippen LogP contribution in [-0.4, -0.2) is 15.9 Å². The first-order chi connectivity index (χ1) is 12.2. The number of nitrogens with one attached hydrogen (secondary N) is 1. The number of carbonyl (C=O) groups is 1. The van der Waals surface area contributed by atoms with Crippen molar-refractivity contribution in [2.24, 2.45) is 0 Å². The summed E-state index contributed by atoms with van der Waals surface area (Å²) in [5, 5.41) is 2.89. The van der Waals surface area contributed by atoms with Gasteiger partial charge in [-0.15, -0.1) is 0 Å². The van der Waals surface area contributed by atoms with Crippen LogP contribution in [0.2, 0.25) is 0 Å². The lowest BCUT2D eigenvalue weighted by atomic mass is 10.1. The number of aryl methyl sites for hydroxylation is 1. The minimum absolute atomic E-state index is 0.156. The Morgan fingerprint density at radius 2 is 1.88 bits per heavy atom. The lowest BCUT2D eigenvalue weighted by molar-refractivity contribution is 0.102. The molecule has 0 saturated carbocycles. The van der Waals surface area contributed by atoms with Gasteiger partial charge in [0.1, 0.15) is 5.52 Å². The zero-order chi connectivity index (χ0) is 17.2. The molecule has 2 aromatic carbocycles. The van der Waals surface area contributed by atoms with E-state index in [1.165, 1.54) is 0 Å². The molecular weight excluding hydrogens is 314 g/mol. The Bertz CT molecular complexity index is 1050. The van der Waals surface area contributed by atoms with Gasteiger partial charge in [-0.05, 0) is 43.3 Å². The summed E-state index contributed by atoms with van der Waals surface area (Å²) >= 11 is 0. The third-order valence-corrected chi connectivity index (χ3v) is 3.85. The Kier molecular flexibility index (Phi) is 3.74. The number of hydrogen-bond donors (Lipinski definition) is 1. The van der Waals surface area contributed by atoms with E-state index >= 15 is 0 Å². The van der Waals surface area contributed by atoms with Gasteiger partial charge in [-0.1, -0.05) is 17.7 Å². The van der Waals surface area contributed by atoms with Crippen LogP contribution in [0.25, 0.3) is 22.6 Å². The van der Waals surface area contributed by atoms with Crippen LogP contribution in [-0.2, 0) is 0 Å². The minimum Gasteiger partial charge on any atom is -0.436 e. The first-order valence-electron chi connectivity index (χ1n) is 7.88. The van der Waals surface area contributed by atoms with Gasteiger partial charge in [0.15, 0.2) is 5.58 Å². The molecule has 0 radical (unpaired) electrons. The zero-order valence-corrected chi connectivity index (χ0v) is 13.6. The highest BCUT2D eigenvalue weighted by Crippen LogP contribution is 2.26. The Morgan fingerprint density at radius 3 is 2.68 bits per heavy atom. The number of hydrogen-bond acceptors (Lipinski definition) is 4. The van der Waals surface area contributed by atoms with E-state index < -0.39 is 0 Å². The smallest absolute Gasteiger partial charge is 0.255 e. The summed E-state index contributed by atoms with van der Waals surface area (Å²) in [6.45, 7) is 1.96. The maximum atomic E-state index is 12.4. The molecule has 0 unspecified atom stereocenters. The summed E-state index contributed by atoms with van der Waals surface area (Å²) in [7, 11) is 0. The lowest BCUT2D eigenvalue weighted by Gasteiger charge is -2.05. The second-order valence-electron chi connectivity index (χ2n) is 5.76. The average molecular weight is 329 g/mol. The van der Waals surface area contributed by atoms with Gasteiger partial charge >= 0.3 is 0 Å². The third-order valence-electron chi connectivity index (χ3n) is 3.85. The van der Waals surface area contributed by atoms with Crippen molar-refractivity contribution in [1.29, 1.82) is 0 Å². The summed E-state index contributed by atoms with van der Waals surface area (Å²) in [6, 6.07) is 16.6. The molecule has 5 nitrogen and oxygen atoms in total. The van der Waals surface area contributed by atoms with Gasteiger partial charge in [0, 0.05) is 35.3 Å². The number of nitrogens with zero attached hydrogens (tertiary/aromatic N) is 2. The van der Waals surface area contributed by atoms with E-state index in [2.05, 4.69) is 15.3 Å². The van der Waals surface area contributed by atoms with Gasteiger partial charge < -0.3 is 9.73 Å². The number of anilines is 1. The minimum atomic E-state index is -0.156. The summed E-state index contributed by atoms with van der Waals surface area (Å²) in [5.41, 5.74) is 4.54. The van der Waals surface area contributed by atoms with E-state index in [-0.39, 0.29) is 5.91 Å². The lowest BCUT2D eigenvalue weighted by Crippen LogP contribution is -2.11. The molecule has 0 fully saturated rings. The molecule has 0 saturated heterocycles. The molecule has 4 rings (SSSR count). The monoisotopic (exact) mass is 329 g/mol. The van der Waals surface area contributed by atoms with Crippen molar-refractivity contribution < 1.29 is 9.21 Å². The van der Waals surface area contributed by atoms with Gasteiger partial charge in [-0.25, -0.2) is 4.98 Å². The van der Waals surface area contributed by atoms with Gasteiger partial charge in [0.05, 0.1) is 0 Å². The molecule has 2 aromatic heterocycles. The topological polar surface area (TPSA) is 68.0 Å². The first-order valence-corrected chi connectivity index (χ1v) is 7.88. The van der Waals surface area contributed by atoms with Crippen LogP contribution in [0.15, 0.2) is 71.4 Å². The van der Waals surface area contributed by atoms with E-state index in [1.807, 2.05) is 49.4 Å². The largest absolute Gasteiger partial charge is 0.436 e. The highest BCUT2D eigenvalue weighted by atomic mass is 16.3. The predicted octanol–water partition coefficient (Wildman–Crippen LogP) is 4.45. The normalized spacial score (nSPS) is 10.8. The van der Waals surface area contributed by atoms with Crippen LogP contribution in [0.5, 0.6) is 0 Å². The van der Waals surface area contributed by atoms with Crippen LogP contribution >= 0.6 is 0 Å². The quantitative estimate of drug-likeness (QED) is 0.603. The van der Waals surface area contributed by atoms with E-state index in [4.69, 9.17) is 4.42 Å². The molecule has 122 valence electrons. The van der Waals surface area contributed by atoms with E-state index in [0.29, 0.717) is 22.7 Å². The van der Waals surface area contributed by atoms with Crippen LogP contribution < -0.4 is 5.32 Å². The zero-order valence-electron chi connectivity index (χ0n) is 13.6. The summed E-state index contributed by atoms with van der Waals surface area (Å²) in [4.78, 5) is 20.8. The van der Waals surface area contributed by atoms with Crippen molar-refractivity contribution in [3.05, 3.63) is 78.1 Å². The molecule has 0 atom stereocenters. The second kappa shape index (κ2) is 6.20. The Balaban J connectivity index is 1.62. The van der Waals surface area contributed by atoms with Gasteiger partial charge in [0.25, 0.3) is 5.91 Å². The number of oxazole rings is 1. The maximum absolute atomic E-state index is 12.4. The number of rotatable bonds is 3. The summed E-state index contributed by atoms with van der Waals surface area (Å²) < 4.78 is 5.81. The van der Waals surface area contributed by atoms with Gasteiger partial charge in [-0.3, -0.25) is 9.78 Å². The van der Waals surface area contributed by atoms with Gasteiger partial charge in [-0.2, -0.15) is 0 Å². The highest BCUT2D eigenvalue weighted by molar-refractivity contribution is 6.05.